The summed E-state index contributed by atoms with van der Waals surface area (Å²) in [6, 6.07) is 1.34. The van der Waals surface area contributed by atoms with Crippen molar-refractivity contribution in [2.45, 2.75) is 32.7 Å². The smallest absolute Gasteiger partial charge is 0.242 e. The van der Waals surface area contributed by atoms with E-state index in [1.807, 2.05) is 13.8 Å². The molecule has 0 saturated heterocycles. The number of nitrogens with zero attached hydrogens (tertiary/aromatic N) is 1. The molecular weight excluding hydrogens is 180 g/mol. The van der Waals surface area contributed by atoms with E-state index in [1.165, 1.54) is 0 Å². The molecule has 1 rings (SSSR count). The minimum Gasteiger partial charge on any atom is -0.320 e. The molecule has 0 radical (unpaired) electrons. The van der Waals surface area contributed by atoms with Gasteiger partial charge in [-0.2, -0.15) is 5.10 Å². The van der Waals surface area contributed by atoms with Crippen molar-refractivity contribution in [1.29, 1.82) is 0 Å². The molecule has 0 aliphatic carbocycles. The highest BCUT2D eigenvalue weighted by molar-refractivity contribution is 5.93. The van der Waals surface area contributed by atoms with Gasteiger partial charge < -0.3 is 11.1 Å². The first-order valence-corrected chi connectivity index (χ1v) is 4.78. The zero-order valence-corrected chi connectivity index (χ0v) is 8.50. The van der Waals surface area contributed by atoms with Gasteiger partial charge in [0.05, 0.1) is 6.04 Å². The molecule has 5 heteroatoms. The maximum Gasteiger partial charge on any atom is 0.242 e. The number of anilines is 1. The maximum atomic E-state index is 11.4. The van der Waals surface area contributed by atoms with Crippen molar-refractivity contribution in [1.82, 2.24) is 10.2 Å². The number of hydrogen-bond acceptors (Lipinski definition) is 3. The third-order valence-electron chi connectivity index (χ3n) is 2.04. The van der Waals surface area contributed by atoms with Crippen LogP contribution in [0.25, 0.3) is 0 Å². The number of carbonyl (C=O) groups is 1. The van der Waals surface area contributed by atoms with E-state index in [1.54, 1.807) is 6.07 Å². The number of aromatic nitrogens is 2. The van der Waals surface area contributed by atoms with Crippen molar-refractivity contribution >= 4 is 11.7 Å². The van der Waals surface area contributed by atoms with Gasteiger partial charge >= 0.3 is 0 Å². The molecular formula is C9H16N4O. The van der Waals surface area contributed by atoms with E-state index in [9.17, 15) is 4.79 Å². The summed E-state index contributed by atoms with van der Waals surface area (Å²) < 4.78 is 0. The molecule has 1 amide bonds. The summed E-state index contributed by atoms with van der Waals surface area (Å²) in [5, 5.41) is 9.38. The summed E-state index contributed by atoms with van der Waals surface area (Å²) in [5.74, 6) is 0.345. The average Bonchev–Trinajstić information content (AvgIpc) is 2.64. The number of hydrogen-bond donors (Lipinski definition) is 3. The van der Waals surface area contributed by atoms with Crippen LogP contribution in [0.2, 0.25) is 0 Å². The van der Waals surface area contributed by atoms with Gasteiger partial charge in [0.15, 0.2) is 5.82 Å². The molecule has 0 fully saturated rings. The molecule has 0 saturated carbocycles. The summed E-state index contributed by atoms with van der Waals surface area (Å²) in [6.45, 7) is 3.88. The van der Waals surface area contributed by atoms with Gasteiger partial charge in [0.2, 0.25) is 5.91 Å². The molecule has 5 nitrogen and oxygen atoms in total. The van der Waals surface area contributed by atoms with Gasteiger partial charge in [0, 0.05) is 11.8 Å². The van der Waals surface area contributed by atoms with Crippen molar-refractivity contribution in [2.24, 2.45) is 5.73 Å². The lowest BCUT2D eigenvalue weighted by molar-refractivity contribution is -0.117. The van der Waals surface area contributed by atoms with Gasteiger partial charge in [-0.25, -0.2) is 0 Å². The number of carbonyl (C=O) groups excluding carboxylic acids is 1. The maximum absolute atomic E-state index is 11.4. The molecule has 78 valence electrons. The molecule has 4 N–H and O–H groups in total. The van der Waals surface area contributed by atoms with E-state index in [-0.39, 0.29) is 5.91 Å². The number of nitrogens with one attached hydrogen (secondary N) is 2. The predicted molar refractivity (Wildman–Crippen MR) is 54.9 cm³/mol. The molecule has 0 aliphatic rings. The van der Waals surface area contributed by atoms with E-state index in [0.29, 0.717) is 12.2 Å². The SMILES string of the molecule is CCc1cc(NC(=O)[C@H](N)CC)n[nH]1. The van der Waals surface area contributed by atoms with Crippen molar-refractivity contribution in [3.8, 4) is 0 Å². The highest BCUT2D eigenvalue weighted by Gasteiger charge is 2.12. The Bertz CT molecular complexity index is 308. The zero-order chi connectivity index (χ0) is 10.6. The van der Waals surface area contributed by atoms with Crippen LogP contribution in [0.5, 0.6) is 0 Å². The van der Waals surface area contributed by atoms with Gasteiger partial charge in [-0.15, -0.1) is 0 Å². The molecule has 14 heavy (non-hydrogen) atoms. The molecule has 1 atom stereocenters. The van der Waals surface area contributed by atoms with Gasteiger partial charge in [0.25, 0.3) is 0 Å². The monoisotopic (exact) mass is 196 g/mol. The van der Waals surface area contributed by atoms with Gasteiger partial charge in [-0.1, -0.05) is 13.8 Å². The lowest BCUT2D eigenvalue weighted by Crippen LogP contribution is -2.34. The Kier molecular flexibility index (Phi) is 3.64. The van der Waals surface area contributed by atoms with Crippen LogP contribution in [-0.4, -0.2) is 22.1 Å². The van der Waals surface area contributed by atoms with Crippen molar-refractivity contribution in [2.75, 3.05) is 5.32 Å². The highest BCUT2D eigenvalue weighted by Crippen LogP contribution is 2.06. The third kappa shape index (κ3) is 2.56. The van der Waals surface area contributed by atoms with E-state index >= 15 is 0 Å². The first-order chi connectivity index (χ1) is 6.67. The number of aromatic amines is 1. The third-order valence-corrected chi connectivity index (χ3v) is 2.04. The van der Waals surface area contributed by atoms with Crippen LogP contribution >= 0.6 is 0 Å². The van der Waals surface area contributed by atoms with E-state index in [0.717, 1.165) is 12.1 Å². The molecule has 0 aliphatic heterocycles. The highest BCUT2D eigenvalue weighted by atomic mass is 16.2. The van der Waals surface area contributed by atoms with Crippen LogP contribution in [0.1, 0.15) is 26.0 Å². The van der Waals surface area contributed by atoms with Crippen LogP contribution in [0.3, 0.4) is 0 Å². The Hall–Kier alpha value is -1.36. The fourth-order valence-electron chi connectivity index (χ4n) is 1.01. The number of H-pyrrole nitrogens is 1. The number of aryl methyl sites for hydroxylation is 1. The van der Waals surface area contributed by atoms with E-state index < -0.39 is 6.04 Å². The first kappa shape index (κ1) is 10.7. The van der Waals surface area contributed by atoms with Gasteiger partial charge in [0.1, 0.15) is 0 Å². The lowest BCUT2D eigenvalue weighted by atomic mass is 10.2. The molecule has 0 bridgehead atoms. The predicted octanol–water partition coefficient (Wildman–Crippen LogP) is 0.648. The van der Waals surface area contributed by atoms with Crippen LogP contribution in [-0.2, 0) is 11.2 Å². The second-order valence-corrected chi connectivity index (χ2v) is 3.14. The van der Waals surface area contributed by atoms with Crippen LogP contribution in [0.4, 0.5) is 5.82 Å². The fraction of sp³-hybridized carbons (Fsp3) is 0.556. The molecule has 1 heterocycles. The van der Waals surface area contributed by atoms with Crippen molar-refractivity contribution in [3.63, 3.8) is 0 Å². The topological polar surface area (TPSA) is 83.8 Å². The molecule has 1 aromatic heterocycles. The minimum atomic E-state index is -0.461. The minimum absolute atomic E-state index is 0.193. The Morgan fingerprint density at radius 3 is 2.93 bits per heavy atom. The summed E-state index contributed by atoms with van der Waals surface area (Å²) in [7, 11) is 0. The lowest BCUT2D eigenvalue weighted by Gasteiger charge is -2.06. The standard InChI is InChI=1S/C9H16N4O/c1-3-6-5-8(13-12-6)11-9(14)7(10)4-2/h5,7H,3-4,10H2,1-2H3,(H2,11,12,13,14)/t7-/m1/s1. The number of nitrogens with two attached hydrogens (primary N) is 1. The van der Waals surface area contributed by atoms with Crippen LogP contribution in [0, 0.1) is 0 Å². The summed E-state index contributed by atoms with van der Waals surface area (Å²) >= 11 is 0. The summed E-state index contributed by atoms with van der Waals surface area (Å²) in [6.07, 6.45) is 1.49. The normalized spacial score (nSPS) is 12.5. The van der Waals surface area contributed by atoms with Crippen molar-refractivity contribution < 1.29 is 4.79 Å². The first-order valence-electron chi connectivity index (χ1n) is 4.78. The Labute approximate surface area is 83.1 Å². The van der Waals surface area contributed by atoms with Crippen LogP contribution < -0.4 is 11.1 Å². The number of rotatable bonds is 4. The van der Waals surface area contributed by atoms with E-state index in [4.69, 9.17) is 5.73 Å². The fourth-order valence-corrected chi connectivity index (χ4v) is 1.01. The second-order valence-electron chi connectivity index (χ2n) is 3.14. The zero-order valence-electron chi connectivity index (χ0n) is 8.50. The largest absolute Gasteiger partial charge is 0.320 e. The van der Waals surface area contributed by atoms with E-state index in [2.05, 4.69) is 15.5 Å². The quantitative estimate of drug-likeness (QED) is 0.661. The Balaban J connectivity index is 2.56. The summed E-state index contributed by atoms with van der Waals surface area (Å²) in [5.41, 5.74) is 6.54. The average molecular weight is 196 g/mol. The molecule has 0 spiro atoms. The molecule has 1 aromatic rings. The van der Waals surface area contributed by atoms with Gasteiger partial charge in [-0.3, -0.25) is 9.89 Å². The van der Waals surface area contributed by atoms with Crippen molar-refractivity contribution in [3.05, 3.63) is 11.8 Å². The summed E-state index contributed by atoms with van der Waals surface area (Å²) in [4.78, 5) is 11.4. The second kappa shape index (κ2) is 4.76. The Morgan fingerprint density at radius 2 is 2.43 bits per heavy atom. The Morgan fingerprint density at radius 1 is 1.71 bits per heavy atom. The molecule has 0 unspecified atom stereocenters. The molecule has 0 aromatic carbocycles. The number of amides is 1. The van der Waals surface area contributed by atoms with Gasteiger partial charge in [-0.05, 0) is 12.8 Å². The van der Waals surface area contributed by atoms with Crippen LogP contribution in [0.15, 0.2) is 6.07 Å².